The molecule has 0 atom stereocenters. The number of hydrogen-bond acceptors (Lipinski definition) is 8. The van der Waals surface area contributed by atoms with E-state index in [1.54, 1.807) is 0 Å². The Morgan fingerprint density at radius 1 is 0.493 bits per heavy atom. The summed E-state index contributed by atoms with van der Waals surface area (Å²) in [6.45, 7) is 3.22. The number of rotatable bonds is 14. The highest BCUT2D eigenvalue weighted by atomic mass is 16.5. The van der Waals surface area contributed by atoms with Gasteiger partial charge in [-0.25, -0.2) is 9.97 Å². The van der Waals surface area contributed by atoms with E-state index in [0.29, 0.717) is 19.0 Å². The van der Waals surface area contributed by atoms with Crippen LogP contribution >= 0.6 is 0 Å². The van der Waals surface area contributed by atoms with Gasteiger partial charge in [-0.3, -0.25) is 0 Å². The second-order valence-electron chi connectivity index (χ2n) is 17.4. The maximum atomic E-state index is 6.54. The lowest BCUT2D eigenvalue weighted by molar-refractivity contribution is 0.211. The van der Waals surface area contributed by atoms with Crippen LogP contribution in [0, 0.1) is 71.7 Å². The van der Waals surface area contributed by atoms with E-state index in [4.69, 9.17) is 30.6 Å². The van der Waals surface area contributed by atoms with E-state index in [1.165, 1.54) is 16.7 Å². The van der Waals surface area contributed by atoms with Gasteiger partial charge in [-0.15, -0.1) is 6.42 Å². The van der Waals surface area contributed by atoms with Gasteiger partial charge in [0.15, 0.2) is 0 Å². The Morgan fingerprint density at radius 3 is 1.45 bits per heavy atom. The molecule has 71 heavy (non-hydrogen) atoms. The molecule has 2 aliphatic rings. The summed E-state index contributed by atoms with van der Waals surface area (Å²) in [5, 5.41) is 0. The number of aromatic amines is 2. The fourth-order valence-electron chi connectivity index (χ4n) is 8.14. The molecule has 8 rings (SSSR count). The maximum Gasteiger partial charge on any atom is 0.140 e. The largest absolute Gasteiger partial charge is 0.490 e. The average Bonchev–Trinajstić information content (AvgIpc) is 4.19. The highest BCUT2D eigenvalue weighted by Gasteiger charge is 2.17. The van der Waals surface area contributed by atoms with Crippen LogP contribution in [0.3, 0.4) is 0 Å². The highest BCUT2D eigenvalue weighted by molar-refractivity contribution is 5.93. The Balaban J connectivity index is 1.03. The monoisotopic (exact) mass is 929 g/mol. The summed E-state index contributed by atoms with van der Waals surface area (Å²) < 4.78 is 18.4. The molecule has 0 amide bonds. The lowest BCUT2D eigenvalue weighted by Crippen LogP contribution is -2.19. The Kier molecular flexibility index (Phi) is 15.9. The van der Waals surface area contributed by atoms with E-state index in [9.17, 15) is 0 Å². The van der Waals surface area contributed by atoms with Crippen LogP contribution in [-0.4, -0.2) is 90.1 Å². The van der Waals surface area contributed by atoms with Crippen molar-refractivity contribution in [3.63, 3.8) is 0 Å². The summed E-state index contributed by atoms with van der Waals surface area (Å²) in [7, 11) is 12.5. The third kappa shape index (κ3) is 13.1. The Labute approximate surface area is 416 Å². The van der Waals surface area contributed by atoms with Crippen molar-refractivity contribution in [1.29, 1.82) is 0 Å². The van der Waals surface area contributed by atoms with Gasteiger partial charge in [0.25, 0.3) is 0 Å². The van der Waals surface area contributed by atoms with Crippen molar-refractivity contribution < 1.29 is 14.2 Å². The van der Waals surface area contributed by atoms with Gasteiger partial charge in [-0.1, -0.05) is 24.3 Å². The van der Waals surface area contributed by atoms with Gasteiger partial charge in [0.05, 0.1) is 22.8 Å². The van der Waals surface area contributed by atoms with Crippen LogP contribution in [0.4, 0.5) is 0 Å². The molecule has 2 N–H and O–H groups in total. The molecule has 10 heteroatoms. The number of ether oxygens (including phenoxy) is 3. The van der Waals surface area contributed by atoms with E-state index in [-0.39, 0.29) is 0 Å². The summed E-state index contributed by atoms with van der Waals surface area (Å²) >= 11 is 0. The summed E-state index contributed by atoms with van der Waals surface area (Å²) in [6, 6.07) is 32.7. The fourth-order valence-corrected chi connectivity index (χ4v) is 8.14. The van der Waals surface area contributed by atoms with Gasteiger partial charge >= 0.3 is 0 Å². The molecule has 8 bridgehead atoms. The smallest absolute Gasteiger partial charge is 0.140 e. The minimum atomic E-state index is 0.393. The molecule has 5 heterocycles. The zero-order chi connectivity index (χ0) is 49.5. The first-order chi connectivity index (χ1) is 34.6. The first kappa shape index (κ1) is 48.4. The molecule has 3 aromatic heterocycles. The van der Waals surface area contributed by atoms with Gasteiger partial charge in [-0.2, -0.15) is 0 Å². The lowest BCUT2D eigenvalue weighted by Gasteiger charge is -2.23. The molecule has 0 spiro atoms. The Bertz CT molecular complexity index is 3530. The third-order valence-electron chi connectivity index (χ3n) is 10.8. The molecule has 0 fully saturated rings. The predicted molar refractivity (Wildman–Crippen MR) is 288 cm³/mol. The molecule has 0 saturated heterocycles. The maximum absolute atomic E-state index is 6.54. The third-order valence-corrected chi connectivity index (χ3v) is 10.8. The van der Waals surface area contributed by atoms with Gasteiger partial charge in [-0.05, 0) is 186 Å². The molecule has 3 aromatic carbocycles. The fraction of sp³-hybridized carbons (Fsp3) is 0.180. The summed E-state index contributed by atoms with van der Waals surface area (Å²) in [6.07, 6.45) is 15.8. The standard InChI is InChI=1S/C61H51N7O3/c1-8-9-10-11-12-13-14-15-16-17-34-69-53-26-18-45(19-27-53)59-55-30-22-49(62-55)39-51-24-32-57(64-51)60(58-33-25-52(65-58)40-50-23-31-56(59)63-50)46-20-28-54(29-21-46)70-35-36-71-61-47(42-67(4)5)37-44(41-66(2)3)38-48(61)43-68(6)7/h1,18-33,37-40,62,65H,35-36,41-43H2,2-7H3. The number of benzene rings is 3. The normalized spacial score (nSPS) is 10.9. The lowest BCUT2D eigenvalue weighted by atomic mass is 10.0. The molecule has 0 saturated carbocycles. The molecular weight excluding hydrogens is 879 g/mol. The van der Waals surface area contributed by atoms with E-state index in [2.05, 4.69) is 187 Å². The van der Waals surface area contributed by atoms with Crippen LogP contribution in [0.1, 0.15) is 39.5 Å². The predicted octanol–water partition coefficient (Wildman–Crippen LogP) is 9.62. The number of nitrogens with one attached hydrogen (secondary N) is 2. The average molecular weight is 930 g/mol. The summed E-state index contributed by atoms with van der Waals surface area (Å²) in [5.41, 5.74) is 14.4. The van der Waals surface area contributed by atoms with Crippen LogP contribution < -0.4 is 14.2 Å². The Morgan fingerprint density at radius 2 is 0.958 bits per heavy atom. The quantitative estimate of drug-likeness (QED) is 0.0824. The van der Waals surface area contributed by atoms with Crippen LogP contribution in [0.2, 0.25) is 0 Å². The van der Waals surface area contributed by atoms with Crippen LogP contribution in [-0.2, 0) is 19.6 Å². The second kappa shape index (κ2) is 23.3. The second-order valence-corrected chi connectivity index (χ2v) is 17.4. The molecule has 0 unspecified atom stereocenters. The number of hydrogen-bond donors (Lipinski definition) is 2. The SMILES string of the molecule is C#CC#CC#CC#CC#CC#COc1ccc(-c2c3nc(cc4ccc([nH]4)c(-c4ccc(OCCOc5c(CN(C)C)cc(CN(C)C)cc5CN(C)C)cc4)c4nc(cc5ccc2[nH]5)C=C4)C=C3)cc1. The van der Waals surface area contributed by atoms with Gasteiger partial charge < -0.3 is 38.9 Å². The van der Waals surface area contributed by atoms with Crippen molar-refractivity contribution in [2.24, 2.45) is 0 Å². The number of fused-ring (bicyclic) bond motifs is 8. The van der Waals surface area contributed by atoms with Crippen molar-refractivity contribution in [2.45, 2.75) is 19.6 Å². The summed E-state index contributed by atoms with van der Waals surface area (Å²) in [5.74, 6) is 27.3. The molecular formula is C61H51N7O3. The van der Waals surface area contributed by atoms with E-state index >= 15 is 0 Å². The summed E-state index contributed by atoms with van der Waals surface area (Å²) in [4.78, 5) is 24.0. The Hall–Kier alpha value is -9.10. The minimum absolute atomic E-state index is 0.393. The van der Waals surface area contributed by atoms with E-state index < -0.39 is 0 Å². The van der Waals surface area contributed by atoms with Crippen molar-refractivity contribution >= 4 is 46.4 Å². The molecule has 10 nitrogen and oxygen atoms in total. The van der Waals surface area contributed by atoms with Crippen molar-refractivity contribution in [3.05, 3.63) is 137 Å². The number of nitrogens with zero attached hydrogens (tertiary/aromatic N) is 5. The molecule has 6 aromatic rings. The molecule has 0 radical (unpaired) electrons. The van der Waals surface area contributed by atoms with Crippen molar-refractivity contribution in [3.8, 4) is 111 Å². The zero-order valence-electron chi connectivity index (χ0n) is 40.6. The van der Waals surface area contributed by atoms with Crippen LogP contribution in [0.5, 0.6) is 17.2 Å². The topological polar surface area (TPSA) is 94.8 Å². The molecule has 2 aliphatic heterocycles. The van der Waals surface area contributed by atoms with Crippen LogP contribution in [0.25, 0.3) is 68.6 Å². The number of H-pyrrole nitrogens is 2. The van der Waals surface area contributed by atoms with E-state index in [0.717, 1.165) is 98.2 Å². The first-order valence-corrected chi connectivity index (χ1v) is 22.9. The van der Waals surface area contributed by atoms with Gasteiger partial charge in [0.1, 0.15) is 36.6 Å². The minimum Gasteiger partial charge on any atom is -0.490 e. The van der Waals surface area contributed by atoms with Gasteiger partial charge in [0, 0.05) is 93.6 Å². The van der Waals surface area contributed by atoms with Crippen molar-refractivity contribution in [1.82, 2.24) is 34.6 Å². The molecule has 348 valence electrons. The highest BCUT2D eigenvalue weighted by Crippen LogP contribution is 2.34. The zero-order valence-corrected chi connectivity index (χ0v) is 40.6. The van der Waals surface area contributed by atoms with Crippen molar-refractivity contribution in [2.75, 3.05) is 55.5 Å². The van der Waals surface area contributed by atoms with Crippen LogP contribution in [0.15, 0.2) is 97.1 Å². The number of terminal acetylenes is 1. The first-order valence-electron chi connectivity index (χ1n) is 22.9. The van der Waals surface area contributed by atoms with Gasteiger partial charge in [0.2, 0.25) is 0 Å². The van der Waals surface area contributed by atoms with E-state index in [1.807, 2.05) is 66.8 Å². The molecule has 0 aliphatic carbocycles. The number of aromatic nitrogens is 4.